The van der Waals surface area contributed by atoms with Crippen molar-refractivity contribution in [2.75, 3.05) is 5.32 Å². The van der Waals surface area contributed by atoms with E-state index in [0.29, 0.717) is 0 Å². The number of nitro benzene ring substituents is 1. The molecular formula is C17H18BrN3O5S. The number of hydrogen-bond donors (Lipinski definition) is 2. The molecule has 0 heterocycles. The largest absolute Gasteiger partial charge is 0.321 e. The smallest absolute Gasteiger partial charge is 0.284 e. The van der Waals surface area contributed by atoms with Crippen molar-refractivity contribution < 1.29 is 18.1 Å². The summed E-state index contributed by atoms with van der Waals surface area (Å²) in [6.45, 7) is 5.10. The molecule has 8 nitrogen and oxygen atoms in total. The molecule has 2 rings (SSSR count). The summed E-state index contributed by atoms with van der Waals surface area (Å²) in [7, 11) is -3.89. The molecule has 2 aromatic rings. The molecule has 0 bridgehead atoms. The van der Waals surface area contributed by atoms with Gasteiger partial charge >= 0.3 is 0 Å². The van der Waals surface area contributed by atoms with Gasteiger partial charge < -0.3 is 5.32 Å². The van der Waals surface area contributed by atoms with Gasteiger partial charge in [0.05, 0.1) is 15.1 Å². The topological polar surface area (TPSA) is 118 Å². The van der Waals surface area contributed by atoms with Crippen LogP contribution in [0.2, 0.25) is 0 Å². The highest BCUT2D eigenvalue weighted by molar-refractivity contribution is 9.10. The van der Waals surface area contributed by atoms with Gasteiger partial charge in [0, 0.05) is 17.2 Å². The average Bonchev–Trinajstić information content (AvgIpc) is 2.53. The summed E-state index contributed by atoms with van der Waals surface area (Å²) in [5, 5.41) is 13.5. The number of hydrogen-bond acceptors (Lipinski definition) is 5. The zero-order valence-corrected chi connectivity index (χ0v) is 17.2. The zero-order valence-electron chi connectivity index (χ0n) is 14.8. The van der Waals surface area contributed by atoms with E-state index >= 15 is 0 Å². The number of halogens is 1. The van der Waals surface area contributed by atoms with Crippen molar-refractivity contribution >= 4 is 43.2 Å². The second-order valence-electron chi connectivity index (χ2n) is 6.73. The molecule has 27 heavy (non-hydrogen) atoms. The minimum atomic E-state index is -3.89. The average molecular weight is 456 g/mol. The third kappa shape index (κ3) is 5.34. The lowest BCUT2D eigenvalue weighted by Gasteiger charge is -2.21. The molecule has 0 spiro atoms. The Bertz CT molecular complexity index is 1000. The number of amides is 1. The molecule has 0 saturated heterocycles. The molecule has 0 aliphatic carbocycles. The maximum absolute atomic E-state index is 12.6. The summed E-state index contributed by atoms with van der Waals surface area (Å²) in [5.74, 6) is -0.663. The monoisotopic (exact) mass is 455 g/mol. The van der Waals surface area contributed by atoms with Crippen molar-refractivity contribution in [2.45, 2.75) is 31.2 Å². The summed E-state index contributed by atoms with van der Waals surface area (Å²) in [6, 6.07) is 9.83. The number of carbonyl (C=O) groups is 1. The molecule has 10 heteroatoms. The number of nitrogens with one attached hydrogen (secondary N) is 2. The number of sulfonamides is 1. The first-order valence-electron chi connectivity index (χ1n) is 7.79. The third-order valence-electron chi connectivity index (χ3n) is 3.27. The fourth-order valence-corrected chi connectivity index (χ4v) is 4.22. The molecule has 0 unspecified atom stereocenters. The summed E-state index contributed by atoms with van der Waals surface area (Å²) in [4.78, 5) is 22.8. The van der Waals surface area contributed by atoms with Gasteiger partial charge in [-0.25, -0.2) is 13.1 Å². The van der Waals surface area contributed by atoms with E-state index in [2.05, 4.69) is 26.0 Å². The Labute approximate surface area is 165 Å². The zero-order chi connectivity index (χ0) is 20.4. The fourth-order valence-electron chi connectivity index (χ4n) is 2.25. The van der Waals surface area contributed by atoms with E-state index in [1.54, 1.807) is 26.8 Å². The number of rotatable bonds is 5. The number of nitro groups is 1. The molecule has 0 aromatic heterocycles. The SMILES string of the molecule is CC(C)(C)NS(=O)(=O)c1ccccc1NC(=O)c1ccc(Br)c([N+](=O)[O-])c1. The van der Waals surface area contributed by atoms with Gasteiger partial charge in [0.1, 0.15) is 4.90 Å². The maximum atomic E-state index is 12.6. The van der Waals surface area contributed by atoms with Crippen molar-refractivity contribution in [1.29, 1.82) is 0 Å². The molecule has 1 amide bonds. The van der Waals surface area contributed by atoms with Gasteiger partial charge in [0.25, 0.3) is 11.6 Å². The third-order valence-corrected chi connectivity index (χ3v) is 5.76. The van der Waals surface area contributed by atoms with Crippen LogP contribution in [0, 0.1) is 10.1 Å². The number of para-hydroxylation sites is 1. The van der Waals surface area contributed by atoms with Crippen LogP contribution in [0.5, 0.6) is 0 Å². The van der Waals surface area contributed by atoms with Gasteiger partial charge in [0.15, 0.2) is 0 Å². The van der Waals surface area contributed by atoms with Crippen LogP contribution in [0.1, 0.15) is 31.1 Å². The Kier molecular flexibility index (Phi) is 6.03. The van der Waals surface area contributed by atoms with E-state index in [0.717, 1.165) is 6.07 Å². The predicted octanol–water partition coefficient (Wildman–Crippen LogP) is 3.69. The summed E-state index contributed by atoms with van der Waals surface area (Å²) >= 11 is 3.05. The molecule has 0 saturated carbocycles. The van der Waals surface area contributed by atoms with Crippen LogP contribution in [0.3, 0.4) is 0 Å². The lowest BCUT2D eigenvalue weighted by molar-refractivity contribution is -0.385. The van der Waals surface area contributed by atoms with E-state index in [4.69, 9.17) is 0 Å². The van der Waals surface area contributed by atoms with E-state index in [1.165, 1.54) is 30.3 Å². The number of nitrogens with zero attached hydrogens (tertiary/aromatic N) is 1. The van der Waals surface area contributed by atoms with Gasteiger partial charge in [-0.05, 0) is 61.0 Å². The first-order valence-corrected chi connectivity index (χ1v) is 10.1. The number of benzene rings is 2. The van der Waals surface area contributed by atoms with Crippen LogP contribution in [0.4, 0.5) is 11.4 Å². The Morgan fingerprint density at radius 1 is 1.15 bits per heavy atom. The summed E-state index contributed by atoms with van der Waals surface area (Å²) in [5.41, 5.74) is -0.869. The highest BCUT2D eigenvalue weighted by Crippen LogP contribution is 2.27. The van der Waals surface area contributed by atoms with Crippen molar-refractivity contribution in [3.8, 4) is 0 Å². The van der Waals surface area contributed by atoms with E-state index in [9.17, 15) is 23.3 Å². The molecule has 2 aromatic carbocycles. The molecular weight excluding hydrogens is 438 g/mol. The Balaban J connectivity index is 2.38. The van der Waals surface area contributed by atoms with E-state index in [-0.39, 0.29) is 26.3 Å². The first-order chi connectivity index (χ1) is 12.4. The van der Waals surface area contributed by atoms with Gasteiger partial charge in [-0.2, -0.15) is 0 Å². The van der Waals surface area contributed by atoms with Gasteiger partial charge in [0.2, 0.25) is 10.0 Å². The minimum Gasteiger partial charge on any atom is -0.321 e. The lowest BCUT2D eigenvalue weighted by Crippen LogP contribution is -2.40. The fraction of sp³-hybridized carbons (Fsp3) is 0.235. The standard InChI is InChI=1S/C17H18BrN3O5S/c1-17(2,3)20-27(25,26)15-7-5-4-6-13(15)19-16(22)11-8-9-12(18)14(10-11)21(23)24/h4-10,20H,1-3H3,(H,19,22). The van der Waals surface area contributed by atoms with Crippen LogP contribution in [0.15, 0.2) is 51.8 Å². The van der Waals surface area contributed by atoms with Crippen molar-refractivity contribution in [3.05, 3.63) is 62.6 Å². The van der Waals surface area contributed by atoms with Crippen molar-refractivity contribution in [1.82, 2.24) is 4.72 Å². The first kappa shape index (κ1) is 21.0. The molecule has 0 atom stereocenters. The van der Waals surface area contributed by atoms with Crippen LogP contribution >= 0.6 is 15.9 Å². The van der Waals surface area contributed by atoms with Gasteiger partial charge in [-0.15, -0.1) is 0 Å². The second-order valence-corrected chi connectivity index (χ2v) is 9.23. The quantitative estimate of drug-likeness (QED) is 0.526. The Morgan fingerprint density at radius 3 is 2.37 bits per heavy atom. The lowest BCUT2D eigenvalue weighted by atomic mass is 10.1. The van der Waals surface area contributed by atoms with Crippen molar-refractivity contribution in [2.24, 2.45) is 0 Å². The van der Waals surface area contributed by atoms with Crippen LogP contribution in [-0.4, -0.2) is 24.8 Å². The van der Waals surface area contributed by atoms with Crippen LogP contribution < -0.4 is 10.0 Å². The molecule has 0 radical (unpaired) electrons. The van der Waals surface area contributed by atoms with E-state index < -0.39 is 26.4 Å². The Morgan fingerprint density at radius 2 is 1.78 bits per heavy atom. The normalized spacial score (nSPS) is 11.9. The number of carbonyl (C=O) groups excluding carboxylic acids is 1. The highest BCUT2D eigenvalue weighted by atomic mass is 79.9. The molecule has 0 aliphatic heterocycles. The van der Waals surface area contributed by atoms with Crippen molar-refractivity contribution in [3.63, 3.8) is 0 Å². The molecule has 0 fully saturated rings. The van der Waals surface area contributed by atoms with Gasteiger partial charge in [-0.1, -0.05) is 12.1 Å². The second kappa shape index (κ2) is 7.75. The minimum absolute atomic E-state index is 0.0286. The molecule has 2 N–H and O–H groups in total. The van der Waals surface area contributed by atoms with Crippen LogP contribution in [-0.2, 0) is 10.0 Å². The van der Waals surface area contributed by atoms with Gasteiger partial charge in [-0.3, -0.25) is 14.9 Å². The van der Waals surface area contributed by atoms with E-state index in [1.807, 2.05) is 0 Å². The predicted molar refractivity (Wildman–Crippen MR) is 105 cm³/mol. The molecule has 0 aliphatic rings. The number of anilines is 1. The summed E-state index contributed by atoms with van der Waals surface area (Å²) in [6.07, 6.45) is 0. The molecule has 144 valence electrons. The highest BCUT2D eigenvalue weighted by Gasteiger charge is 2.25. The summed E-state index contributed by atoms with van der Waals surface area (Å²) < 4.78 is 28.0. The maximum Gasteiger partial charge on any atom is 0.284 e. The Hall–Kier alpha value is -2.30. The van der Waals surface area contributed by atoms with Crippen LogP contribution in [0.25, 0.3) is 0 Å².